The van der Waals surface area contributed by atoms with Crippen LogP contribution in [0.25, 0.3) is 10.9 Å². The summed E-state index contributed by atoms with van der Waals surface area (Å²) in [6, 6.07) is 9.56. The van der Waals surface area contributed by atoms with E-state index in [-0.39, 0.29) is 12.2 Å². The number of nitriles is 2. The van der Waals surface area contributed by atoms with Gasteiger partial charge in [0.15, 0.2) is 0 Å². The topological polar surface area (TPSA) is 89.7 Å². The Morgan fingerprint density at radius 3 is 2.68 bits per heavy atom. The molecule has 0 atom stereocenters. The van der Waals surface area contributed by atoms with Gasteiger partial charge in [-0.05, 0) is 31.4 Å². The fourth-order valence-corrected chi connectivity index (χ4v) is 2.40. The molecule has 5 heteroatoms. The molecule has 0 aliphatic heterocycles. The molecule has 1 fully saturated rings. The lowest BCUT2D eigenvalue weighted by Gasteiger charge is -2.12. The van der Waals surface area contributed by atoms with Gasteiger partial charge in [0, 0.05) is 17.0 Å². The van der Waals surface area contributed by atoms with Gasteiger partial charge < -0.3 is 9.72 Å². The van der Waals surface area contributed by atoms with Crippen LogP contribution >= 0.6 is 0 Å². The van der Waals surface area contributed by atoms with Crippen LogP contribution in [0.2, 0.25) is 0 Å². The summed E-state index contributed by atoms with van der Waals surface area (Å²) >= 11 is 0. The number of nitrogens with one attached hydrogen (secondary N) is 1. The smallest absolute Gasteiger partial charge is 0.251 e. The number of fused-ring (bicyclic) bond motifs is 1. The SMILES string of the molecule is CCc1cc2cc(C#N)c(OCC3(C#N)CC3)cc2[nH]c1=O. The van der Waals surface area contributed by atoms with Gasteiger partial charge in [0.1, 0.15) is 18.4 Å². The number of hydrogen-bond acceptors (Lipinski definition) is 4. The monoisotopic (exact) mass is 293 g/mol. The molecule has 22 heavy (non-hydrogen) atoms. The first-order valence-corrected chi connectivity index (χ1v) is 7.25. The largest absolute Gasteiger partial charge is 0.490 e. The molecule has 0 amide bonds. The highest BCUT2D eigenvalue weighted by Crippen LogP contribution is 2.45. The number of aromatic amines is 1. The molecule has 0 radical (unpaired) electrons. The molecule has 1 heterocycles. The van der Waals surface area contributed by atoms with Crippen molar-refractivity contribution in [1.82, 2.24) is 4.98 Å². The zero-order chi connectivity index (χ0) is 15.7. The molecule has 1 aromatic heterocycles. The number of aromatic nitrogens is 1. The first-order chi connectivity index (χ1) is 10.6. The molecule has 0 bridgehead atoms. The fourth-order valence-electron chi connectivity index (χ4n) is 2.40. The van der Waals surface area contributed by atoms with E-state index in [1.165, 1.54) is 0 Å². The second-order valence-electron chi connectivity index (χ2n) is 5.71. The maximum Gasteiger partial charge on any atom is 0.251 e. The summed E-state index contributed by atoms with van der Waals surface area (Å²) in [7, 11) is 0. The van der Waals surface area contributed by atoms with Crippen molar-refractivity contribution in [1.29, 1.82) is 10.5 Å². The highest BCUT2D eigenvalue weighted by molar-refractivity contribution is 5.82. The molecule has 5 nitrogen and oxygen atoms in total. The molecule has 1 N–H and O–H groups in total. The van der Waals surface area contributed by atoms with Crippen LogP contribution in [0.1, 0.15) is 30.9 Å². The molecule has 1 aliphatic rings. The Morgan fingerprint density at radius 1 is 1.32 bits per heavy atom. The van der Waals surface area contributed by atoms with Crippen LogP contribution in [-0.4, -0.2) is 11.6 Å². The first-order valence-electron chi connectivity index (χ1n) is 7.25. The molecule has 110 valence electrons. The van der Waals surface area contributed by atoms with Crippen molar-refractivity contribution >= 4 is 10.9 Å². The third kappa shape index (κ3) is 2.42. The number of ether oxygens (including phenoxy) is 1. The molecule has 3 rings (SSSR count). The highest BCUT2D eigenvalue weighted by Gasteiger charge is 2.44. The third-order valence-electron chi connectivity index (χ3n) is 4.12. The maximum absolute atomic E-state index is 11.9. The minimum Gasteiger partial charge on any atom is -0.490 e. The number of nitrogens with zero attached hydrogens (tertiary/aromatic N) is 2. The van der Waals surface area contributed by atoms with Crippen molar-refractivity contribution in [2.45, 2.75) is 26.2 Å². The Kier molecular flexibility index (Phi) is 3.35. The van der Waals surface area contributed by atoms with Crippen molar-refractivity contribution in [2.75, 3.05) is 6.61 Å². The van der Waals surface area contributed by atoms with E-state index in [2.05, 4.69) is 17.1 Å². The highest BCUT2D eigenvalue weighted by atomic mass is 16.5. The lowest BCUT2D eigenvalue weighted by Crippen LogP contribution is -2.13. The van der Waals surface area contributed by atoms with Gasteiger partial charge in [-0.1, -0.05) is 6.92 Å². The Labute approximate surface area is 127 Å². The standard InChI is InChI=1S/C17H15N3O2/c1-2-11-5-12-6-13(8-18)15(7-14(12)20-16(11)21)22-10-17(9-19)3-4-17/h5-7H,2-4,10H2,1H3,(H,20,21). The average molecular weight is 293 g/mol. The van der Waals surface area contributed by atoms with Crippen LogP contribution < -0.4 is 10.3 Å². The maximum atomic E-state index is 11.9. The van der Waals surface area contributed by atoms with Crippen LogP contribution in [0.15, 0.2) is 23.0 Å². The van der Waals surface area contributed by atoms with Crippen LogP contribution in [-0.2, 0) is 6.42 Å². The lowest BCUT2D eigenvalue weighted by molar-refractivity contribution is 0.268. The van der Waals surface area contributed by atoms with Gasteiger partial charge in [-0.2, -0.15) is 10.5 Å². The summed E-state index contributed by atoms with van der Waals surface area (Å²) in [5.74, 6) is 0.413. The Balaban J connectivity index is 2.01. The number of hydrogen-bond donors (Lipinski definition) is 1. The van der Waals surface area contributed by atoms with Crippen LogP contribution in [0.4, 0.5) is 0 Å². The van der Waals surface area contributed by atoms with Gasteiger partial charge in [-0.15, -0.1) is 0 Å². The quantitative estimate of drug-likeness (QED) is 0.938. The predicted octanol–water partition coefficient (Wildman–Crippen LogP) is 2.64. The van der Waals surface area contributed by atoms with Crippen molar-refractivity contribution in [3.63, 3.8) is 0 Å². The summed E-state index contributed by atoms with van der Waals surface area (Å²) in [6.07, 6.45) is 2.29. The summed E-state index contributed by atoms with van der Waals surface area (Å²) in [5.41, 5.74) is 1.21. The molecular weight excluding hydrogens is 278 g/mol. The van der Waals surface area contributed by atoms with E-state index in [0.717, 1.165) is 18.2 Å². The predicted molar refractivity (Wildman–Crippen MR) is 81.4 cm³/mol. The van der Waals surface area contributed by atoms with Gasteiger partial charge in [0.2, 0.25) is 0 Å². The molecule has 0 unspecified atom stereocenters. The van der Waals surface area contributed by atoms with E-state index >= 15 is 0 Å². The fraction of sp³-hybridized carbons (Fsp3) is 0.353. The molecule has 1 aliphatic carbocycles. The summed E-state index contributed by atoms with van der Waals surface area (Å²) in [5, 5.41) is 19.2. The van der Waals surface area contributed by atoms with Crippen molar-refractivity contribution < 1.29 is 4.74 Å². The number of pyridine rings is 1. The van der Waals surface area contributed by atoms with Gasteiger partial charge in [0.05, 0.1) is 22.6 Å². The number of rotatable bonds is 4. The molecule has 0 saturated heterocycles. The Morgan fingerprint density at radius 2 is 2.09 bits per heavy atom. The van der Waals surface area contributed by atoms with E-state index in [9.17, 15) is 10.1 Å². The zero-order valence-electron chi connectivity index (χ0n) is 12.3. The molecule has 2 aromatic rings. The van der Waals surface area contributed by atoms with E-state index < -0.39 is 5.41 Å². The van der Waals surface area contributed by atoms with Gasteiger partial charge in [0.25, 0.3) is 5.56 Å². The van der Waals surface area contributed by atoms with Crippen LogP contribution in [0, 0.1) is 28.1 Å². The summed E-state index contributed by atoms with van der Waals surface area (Å²) < 4.78 is 5.68. The Hall–Kier alpha value is -2.79. The summed E-state index contributed by atoms with van der Waals surface area (Å²) in [4.78, 5) is 14.7. The second kappa shape index (κ2) is 5.20. The average Bonchev–Trinajstić information content (AvgIpc) is 3.32. The van der Waals surface area contributed by atoms with Crippen molar-refractivity contribution in [3.05, 3.63) is 39.7 Å². The molecule has 1 aromatic carbocycles. The number of H-pyrrole nitrogens is 1. The molecular formula is C17H15N3O2. The van der Waals surface area contributed by atoms with Gasteiger partial charge in [-0.25, -0.2) is 0 Å². The van der Waals surface area contributed by atoms with E-state index in [1.807, 2.05) is 6.92 Å². The van der Waals surface area contributed by atoms with E-state index in [4.69, 9.17) is 10.00 Å². The normalized spacial score (nSPS) is 15.0. The third-order valence-corrected chi connectivity index (χ3v) is 4.12. The molecule has 1 saturated carbocycles. The molecule has 0 spiro atoms. The minimum absolute atomic E-state index is 0.124. The minimum atomic E-state index is -0.402. The van der Waals surface area contributed by atoms with E-state index in [0.29, 0.717) is 28.8 Å². The van der Waals surface area contributed by atoms with Crippen LogP contribution in [0.3, 0.4) is 0 Å². The first kappa shape index (κ1) is 14.2. The van der Waals surface area contributed by atoms with Crippen molar-refractivity contribution in [3.8, 4) is 17.9 Å². The Bertz CT molecular complexity index is 880. The van der Waals surface area contributed by atoms with Gasteiger partial charge in [-0.3, -0.25) is 4.79 Å². The number of benzene rings is 1. The van der Waals surface area contributed by atoms with E-state index in [1.54, 1.807) is 18.2 Å². The second-order valence-corrected chi connectivity index (χ2v) is 5.71. The zero-order valence-corrected chi connectivity index (χ0v) is 12.3. The van der Waals surface area contributed by atoms with Crippen molar-refractivity contribution in [2.24, 2.45) is 5.41 Å². The van der Waals surface area contributed by atoms with Crippen LogP contribution in [0.5, 0.6) is 5.75 Å². The number of aryl methyl sites for hydroxylation is 1. The lowest BCUT2D eigenvalue weighted by atomic mass is 10.1. The summed E-state index contributed by atoms with van der Waals surface area (Å²) in [6.45, 7) is 2.19. The van der Waals surface area contributed by atoms with Gasteiger partial charge >= 0.3 is 0 Å².